The van der Waals surface area contributed by atoms with E-state index in [9.17, 15) is 14.0 Å². The van der Waals surface area contributed by atoms with Crippen LogP contribution in [0.3, 0.4) is 0 Å². The lowest BCUT2D eigenvalue weighted by Gasteiger charge is -2.27. The van der Waals surface area contributed by atoms with Crippen molar-refractivity contribution >= 4 is 40.0 Å². The van der Waals surface area contributed by atoms with Crippen LogP contribution in [0.2, 0.25) is 0 Å². The highest BCUT2D eigenvalue weighted by molar-refractivity contribution is 7.07. The van der Waals surface area contributed by atoms with Crippen molar-refractivity contribution in [3.05, 3.63) is 151 Å². The number of fused-ring (bicyclic) bond motifs is 2. The van der Waals surface area contributed by atoms with E-state index in [2.05, 4.69) is 4.57 Å². The Hall–Kier alpha value is -5.94. The Kier molecular flexibility index (Phi) is 9.54. The molecule has 11 heteroatoms. The lowest BCUT2D eigenvalue weighted by Crippen LogP contribution is -2.40. The van der Waals surface area contributed by atoms with E-state index < -0.39 is 12.0 Å². The number of aromatic nitrogens is 2. The number of esters is 1. The number of thiazole rings is 1. The molecule has 7 rings (SSSR count). The van der Waals surface area contributed by atoms with E-state index >= 15 is 0 Å². The van der Waals surface area contributed by atoms with Crippen LogP contribution in [0, 0.1) is 5.82 Å². The van der Waals surface area contributed by atoms with Crippen molar-refractivity contribution < 1.29 is 28.1 Å². The monoisotopic (exact) mass is 703 g/mol. The molecule has 1 aliphatic heterocycles. The summed E-state index contributed by atoms with van der Waals surface area (Å²) < 4.78 is 40.3. The van der Waals surface area contributed by atoms with Crippen molar-refractivity contribution in [1.29, 1.82) is 0 Å². The molecule has 0 aliphatic carbocycles. The third-order valence-corrected chi connectivity index (χ3v) is 9.61. The lowest BCUT2D eigenvalue weighted by atomic mass is 9.92. The van der Waals surface area contributed by atoms with Gasteiger partial charge in [-0.1, -0.05) is 59.9 Å². The van der Waals surface area contributed by atoms with Crippen molar-refractivity contribution in [3.8, 4) is 17.2 Å². The molecule has 0 bridgehead atoms. The second-order valence-electron chi connectivity index (χ2n) is 11.6. The van der Waals surface area contributed by atoms with Crippen LogP contribution in [0.5, 0.6) is 17.2 Å². The average molecular weight is 704 g/mol. The fourth-order valence-electron chi connectivity index (χ4n) is 6.30. The van der Waals surface area contributed by atoms with Gasteiger partial charge in [-0.3, -0.25) is 9.36 Å². The zero-order valence-electron chi connectivity index (χ0n) is 28.2. The summed E-state index contributed by atoms with van der Waals surface area (Å²) in [6.07, 6.45) is 3.85. The molecule has 0 saturated carbocycles. The van der Waals surface area contributed by atoms with Crippen LogP contribution < -0.4 is 29.1 Å². The SMILES string of the molecule is CCOC(=O)C1=C(c2ccccc2)N=c2s/c(=C/c3cn(CCOc4ccc(F)cc4)c4ccccc34)c(=O)n2C1c1cc(OC)ccc1OC. The summed E-state index contributed by atoms with van der Waals surface area (Å²) in [5, 5.41) is 0.952. The molecule has 1 aliphatic rings. The molecule has 9 nitrogen and oxygen atoms in total. The maximum Gasteiger partial charge on any atom is 0.338 e. The van der Waals surface area contributed by atoms with Crippen LogP contribution in [-0.4, -0.2) is 42.5 Å². The van der Waals surface area contributed by atoms with Gasteiger partial charge in [0.1, 0.15) is 35.7 Å². The van der Waals surface area contributed by atoms with Crippen LogP contribution in [-0.2, 0) is 16.1 Å². The van der Waals surface area contributed by atoms with Crippen LogP contribution >= 0.6 is 11.3 Å². The number of para-hydroxylation sites is 1. The summed E-state index contributed by atoms with van der Waals surface area (Å²) in [6.45, 7) is 2.75. The zero-order chi connectivity index (χ0) is 35.5. The number of nitrogens with zero attached hydrogens (tertiary/aromatic N) is 3. The van der Waals surface area contributed by atoms with Gasteiger partial charge in [-0.15, -0.1) is 0 Å². The summed E-state index contributed by atoms with van der Waals surface area (Å²) in [6, 6.07) is 27.6. The standard InChI is InChI=1S/C40H34FN3O6S/c1-4-49-39(46)35-36(25-10-6-5-7-11-25)42-40-44(37(35)31-23-29(47-2)18-19-33(31)48-3)38(45)34(51-40)22-26-24-43(32-13-9-8-12-30(26)32)20-21-50-28-16-14-27(41)15-17-28/h5-19,22-24,37H,4,20-21H2,1-3H3/b34-22+. The van der Waals surface area contributed by atoms with Gasteiger partial charge in [0.25, 0.3) is 5.56 Å². The second kappa shape index (κ2) is 14.5. The summed E-state index contributed by atoms with van der Waals surface area (Å²) in [5.74, 6) is 0.669. The normalized spacial score (nSPS) is 14.3. The molecule has 0 N–H and O–H groups in total. The van der Waals surface area contributed by atoms with E-state index in [-0.39, 0.29) is 23.6 Å². The largest absolute Gasteiger partial charge is 0.497 e. The van der Waals surface area contributed by atoms with Gasteiger partial charge in [0, 0.05) is 33.8 Å². The molecule has 6 aromatic rings. The average Bonchev–Trinajstić information content (AvgIpc) is 3.67. The van der Waals surface area contributed by atoms with Gasteiger partial charge >= 0.3 is 5.97 Å². The third-order valence-electron chi connectivity index (χ3n) is 8.63. The summed E-state index contributed by atoms with van der Waals surface area (Å²) in [7, 11) is 3.10. The zero-order valence-corrected chi connectivity index (χ0v) is 29.0. The van der Waals surface area contributed by atoms with Gasteiger partial charge < -0.3 is 23.5 Å². The van der Waals surface area contributed by atoms with Crippen molar-refractivity contribution in [2.45, 2.75) is 19.5 Å². The molecule has 258 valence electrons. The van der Waals surface area contributed by atoms with Gasteiger partial charge in [0.05, 0.1) is 43.2 Å². The molecule has 0 amide bonds. The third kappa shape index (κ3) is 6.55. The van der Waals surface area contributed by atoms with E-state index in [0.717, 1.165) is 16.5 Å². The number of benzene rings is 4. The van der Waals surface area contributed by atoms with E-state index in [1.54, 1.807) is 56.0 Å². The highest BCUT2D eigenvalue weighted by Gasteiger charge is 2.37. The smallest absolute Gasteiger partial charge is 0.338 e. The molecule has 1 atom stereocenters. The fourth-order valence-corrected chi connectivity index (χ4v) is 7.29. The lowest BCUT2D eigenvalue weighted by molar-refractivity contribution is -0.138. The first-order valence-electron chi connectivity index (χ1n) is 16.4. The van der Waals surface area contributed by atoms with Crippen LogP contribution in [0.25, 0.3) is 22.7 Å². The highest BCUT2D eigenvalue weighted by atomic mass is 32.1. The first-order valence-corrected chi connectivity index (χ1v) is 17.2. The molecule has 51 heavy (non-hydrogen) atoms. The number of rotatable bonds is 11. The number of carbonyl (C=O) groups is 1. The van der Waals surface area contributed by atoms with Crippen molar-refractivity contribution in [3.63, 3.8) is 0 Å². The summed E-state index contributed by atoms with van der Waals surface area (Å²) in [4.78, 5) is 33.9. The maximum atomic E-state index is 14.6. The Balaban J connectivity index is 1.40. The fraction of sp³-hybridized carbons (Fsp3) is 0.175. The summed E-state index contributed by atoms with van der Waals surface area (Å²) in [5.41, 5.74) is 3.36. The van der Waals surface area contributed by atoms with Crippen molar-refractivity contribution in [2.75, 3.05) is 27.4 Å². The van der Waals surface area contributed by atoms with Gasteiger partial charge in [-0.25, -0.2) is 14.2 Å². The van der Waals surface area contributed by atoms with Crippen molar-refractivity contribution in [1.82, 2.24) is 9.13 Å². The predicted molar refractivity (Wildman–Crippen MR) is 194 cm³/mol. The number of hydrogen-bond donors (Lipinski definition) is 0. The minimum Gasteiger partial charge on any atom is -0.497 e. The maximum absolute atomic E-state index is 14.6. The number of carbonyl (C=O) groups excluding carboxylic acids is 1. The predicted octanol–water partition coefficient (Wildman–Crippen LogP) is 6.13. The number of methoxy groups -OCH3 is 2. The van der Waals surface area contributed by atoms with E-state index in [0.29, 0.717) is 56.6 Å². The second-order valence-corrected chi connectivity index (χ2v) is 12.6. The highest BCUT2D eigenvalue weighted by Crippen LogP contribution is 2.40. The molecule has 1 unspecified atom stereocenters. The molecule has 4 aromatic carbocycles. The first kappa shape index (κ1) is 33.6. The molecule has 2 aromatic heterocycles. The molecule has 0 radical (unpaired) electrons. The van der Waals surface area contributed by atoms with E-state index in [1.165, 1.54) is 23.5 Å². The van der Waals surface area contributed by atoms with E-state index in [1.807, 2.05) is 66.9 Å². The van der Waals surface area contributed by atoms with Crippen LogP contribution in [0.4, 0.5) is 4.39 Å². The van der Waals surface area contributed by atoms with Crippen molar-refractivity contribution in [2.24, 2.45) is 4.99 Å². The van der Waals surface area contributed by atoms with Gasteiger partial charge in [-0.2, -0.15) is 0 Å². The Morgan fingerprint density at radius 1 is 0.941 bits per heavy atom. The number of hydrogen-bond acceptors (Lipinski definition) is 8. The first-order chi connectivity index (χ1) is 24.9. The molecule has 0 spiro atoms. The Morgan fingerprint density at radius 3 is 2.43 bits per heavy atom. The topological polar surface area (TPSA) is 93.3 Å². The Bertz CT molecular complexity index is 2450. The van der Waals surface area contributed by atoms with E-state index in [4.69, 9.17) is 23.9 Å². The summed E-state index contributed by atoms with van der Waals surface area (Å²) >= 11 is 1.24. The molecule has 0 saturated heterocycles. The van der Waals surface area contributed by atoms with Gasteiger partial charge in [0.2, 0.25) is 0 Å². The molecule has 0 fully saturated rings. The molecular formula is C40H34FN3O6S. The van der Waals surface area contributed by atoms with Crippen LogP contribution in [0.1, 0.15) is 29.7 Å². The minimum atomic E-state index is -0.937. The Labute approximate surface area is 296 Å². The van der Waals surface area contributed by atoms with Gasteiger partial charge in [0.15, 0.2) is 4.80 Å². The number of halogens is 1. The Morgan fingerprint density at radius 2 is 1.69 bits per heavy atom. The molecule has 3 heterocycles. The molecular weight excluding hydrogens is 670 g/mol. The van der Waals surface area contributed by atoms with Gasteiger partial charge in [-0.05, 0) is 61.5 Å². The van der Waals surface area contributed by atoms with Crippen LogP contribution in [0.15, 0.2) is 119 Å². The minimum absolute atomic E-state index is 0.135. The quantitative estimate of drug-likeness (QED) is 0.151. The number of ether oxygens (including phenoxy) is 4.